The number of nitrogens with zero attached hydrogens (tertiary/aromatic N) is 4. The standard InChI is InChI=1S/C16H18BN4O5P/c17-27(23)24-6-10-14(26-27)13(22)16(25-10)21-8-20-12-11(18-7-19-15(12)21)9-4-2-1-3-5-9/h1-5,7-8,10,13-14,16,22-23,27H,6,17H2/t10-,13?,14-,16-/m1/s1. The molecule has 0 radical (unpaired) electrons. The Kier molecular flexibility index (Phi) is 4.01. The van der Waals surface area contributed by atoms with Gasteiger partial charge in [-0.15, -0.1) is 0 Å². The summed E-state index contributed by atoms with van der Waals surface area (Å²) in [4.78, 5) is 23.2. The summed E-state index contributed by atoms with van der Waals surface area (Å²) in [7, 11) is -1.71. The van der Waals surface area contributed by atoms with E-state index in [1.54, 1.807) is 10.9 Å². The van der Waals surface area contributed by atoms with E-state index in [2.05, 4.69) is 15.0 Å². The average molecular weight is 388 g/mol. The summed E-state index contributed by atoms with van der Waals surface area (Å²) in [6.07, 6.45) is 0.200. The first kappa shape index (κ1) is 17.2. The van der Waals surface area contributed by atoms with Gasteiger partial charge in [-0.25, -0.2) is 0 Å². The van der Waals surface area contributed by atoms with Crippen molar-refractivity contribution in [3.8, 4) is 11.3 Å². The monoisotopic (exact) mass is 388 g/mol. The number of imidazole rings is 1. The van der Waals surface area contributed by atoms with E-state index in [9.17, 15) is 10.00 Å². The fraction of sp³-hybridized carbons (Fsp3) is 0.312. The Labute approximate surface area is 155 Å². The Bertz CT molecular complexity index is 987. The molecule has 4 atom stereocenters. The molecule has 0 amide bonds. The molecule has 2 aliphatic heterocycles. The van der Waals surface area contributed by atoms with E-state index in [1.807, 2.05) is 30.3 Å². The van der Waals surface area contributed by atoms with Gasteiger partial charge in [0.15, 0.2) is 0 Å². The molecule has 3 aromatic rings. The van der Waals surface area contributed by atoms with Crippen LogP contribution in [-0.4, -0.2) is 62.0 Å². The van der Waals surface area contributed by atoms with Crippen molar-refractivity contribution in [2.75, 3.05) is 6.61 Å². The van der Waals surface area contributed by atoms with E-state index in [0.29, 0.717) is 16.9 Å². The minimum absolute atomic E-state index is 0.175. The van der Waals surface area contributed by atoms with E-state index in [1.165, 1.54) is 13.9 Å². The normalized spacial score (nSPS) is 30.9. The molecule has 1 unspecified atom stereocenters. The van der Waals surface area contributed by atoms with Crippen LogP contribution < -0.4 is 0 Å². The molecule has 4 heterocycles. The summed E-state index contributed by atoms with van der Waals surface area (Å²) in [6.45, 7) is 0.175. The van der Waals surface area contributed by atoms with E-state index < -0.39 is 32.4 Å². The third-order valence-electron chi connectivity index (χ3n) is 4.86. The van der Waals surface area contributed by atoms with Crippen LogP contribution in [0.4, 0.5) is 0 Å². The molecular formula is C16H18BN4O5P. The predicted octanol–water partition coefficient (Wildman–Crippen LogP) is 0.202. The molecule has 11 heteroatoms. The number of hydrogen-bond donors (Lipinski definition) is 2. The van der Waals surface area contributed by atoms with Gasteiger partial charge >= 0.3 is 155 Å². The van der Waals surface area contributed by atoms with E-state index in [4.69, 9.17) is 13.8 Å². The second kappa shape index (κ2) is 6.30. The van der Waals surface area contributed by atoms with Crippen molar-refractivity contribution in [2.45, 2.75) is 24.5 Å². The summed E-state index contributed by atoms with van der Waals surface area (Å²) in [6, 6.07) is 9.71. The predicted molar refractivity (Wildman–Crippen MR) is 101 cm³/mol. The van der Waals surface area contributed by atoms with E-state index in [-0.39, 0.29) is 6.61 Å². The zero-order valence-corrected chi connectivity index (χ0v) is 15.5. The van der Waals surface area contributed by atoms with Gasteiger partial charge in [-0.1, -0.05) is 0 Å². The van der Waals surface area contributed by atoms with Gasteiger partial charge in [-0.05, 0) is 0 Å². The molecule has 1 aromatic carbocycles. The summed E-state index contributed by atoms with van der Waals surface area (Å²) in [5.41, 5.74) is 2.80. The fourth-order valence-corrected chi connectivity index (χ4v) is 4.94. The van der Waals surface area contributed by atoms with Crippen LogP contribution in [0.5, 0.6) is 0 Å². The van der Waals surface area contributed by atoms with E-state index in [0.717, 1.165) is 5.56 Å². The zero-order valence-electron chi connectivity index (χ0n) is 14.5. The Morgan fingerprint density at radius 3 is 2.81 bits per heavy atom. The Morgan fingerprint density at radius 1 is 1.19 bits per heavy atom. The molecule has 0 bridgehead atoms. The molecule has 140 valence electrons. The van der Waals surface area contributed by atoms with Crippen LogP contribution in [0.2, 0.25) is 0 Å². The van der Waals surface area contributed by atoms with Crippen LogP contribution >= 0.6 is 7.82 Å². The Hall–Kier alpha value is -1.94. The second-order valence-corrected chi connectivity index (χ2v) is 9.08. The number of rotatable bonds is 2. The van der Waals surface area contributed by atoms with Crippen molar-refractivity contribution >= 4 is 26.6 Å². The number of aliphatic hydroxyl groups is 1. The van der Waals surface area contributed by atoms with Gasteiger partial charge < -0.3 is 0 Å². The maximum atomic E-state index is 10.7. The van der Waals surface area contributed by atoms with Crippen LogP contribution in [0.1, 0.15) is 6.23 Å². The SMILES string of the molecule is B[PH]1(O)OC[C@H]2O[C@@H](n3cnc4c(-c5ccccc5)ncnc43)C(O)[C@@H]2O1. The second-order valence-electron chi connectivity index (χ2n) is 6.76. The van der Waals surface area contributed by atoms with Gasteiger partial charge in [0.2, 0.25) is 0 Å². The zero-order chi connectivity index (χ0) is 18.6. The van der Waals surface area contributed by atoms with Crippen molar-refractivity contribution in [3.05, 3.63) is 43.0 Å². The van der Waals surface area contributed by atoms with Crippen LogP contribution in [-0.2, 0) is 13.8 Å². The van der Waals surface area contributed by atoms with Gasteiger partial charge in [0, 0.05) is 0 Å². The summed E-state index contributed by atoms with van der Waals surface area (Å²) >= 11 is 0. The average Bonchev–Trinajstić information content (AvgIpc) is 3.23. The molecule has 0 saturated carbocycles. The third kappa shape index (κ3) is 2.85. The Morgan fingerprint density at radius 2 is 2.00 bits per heavy atom. The van der Waals surface area contributed by atoms with Crippen LogP contribution in [0.3, 0.4) is 0 Å². The van der Waals surface area contributed by atoms with Gasteiger partial charge in [0.05, 0.1) is 0 Å². The van der Waals surface area contributed by atoms with Gasteiger partial charge in [-0.3, -0.25) is 0 Å². The summed E-state index contributed by atoms with van der Waals surface area (Å²) in [5.74, 6) is 0. The maximum absolute atomic E-state index is 10.7. The fourth-order valence-electron chi connectivity index (χ4n) is 3.60. The molecule has 2 N–H and O–H groups in total. The molecule has 2 fully saturated rings. The molecule has 0 aliphatic carbocycles. The molecule has 27 heavy (non-hydrogen) atoms. The molecule has 2 aliphatic rings. The van der Waals surface area contributed by atoms with Crippen LogP contribution in [0.15, 0.2) is 43.0 Å². The minimum atomic E-state index is -3.23. The number of ether oxygens (including phenoxy) is 1. The molecular weight excluding hydrogens is 370 g/mol. The number of benzene rings is 1. The molecule has 0 spiro atoms. The topological polar surface area (TPSA) is 112 Å². The molecule has 9 nitrogen and oxygen atoms in total. The van der Waals surface area contributed by atoms with Gasteiger partial charge in [0.1, 0.15) is 0 Å². The van der Waals surface area contributed by atoms with Gasteiger partial charge in [0.25, 0.3) is 0 Å². The number of aliphatic hydroxyl groups excluding tert-OH is 1. The van der Waals surface area contributed by atoms with E-state index >= 15 is 0 Å². The summed E-state index contributed by atoms with van der Waals surface area (Å²) in [5, 5.41) is 10.7. The van der Waals surface area contributed by atoms with Crippen LogP contribution in [0, 0.1) is 0 Å². The Balaban J connectivity index is 1.53. The summed E-state index contributed by atoms with van der Waals surface area (Å²) < 4.78 is 18.5. The van der Waals surface area contributed by atoms with Crippen molar-refractivity contribution in [1.29, 1.82) is 0 Å². The number of aromatic nitrogens is 4. The van der Waals surface area contributed by atoms with Crippen molar-refractivity contribution < 1.29 is 23.8 Å². The van der Waals surface area contributed by atoms with Crippen LogP contribution in [0.25, 0.3) is 22.4 Å². The molecule has 5 rings (SSSR count). The first-order valence-corrected chi connectivity index (χ1v) is 10.9. The first-order valence-electron chi connectivity index (χ1n) is 8.64. The molecule has 2 aromatic heterocycles. The first-order chi connectivity index (χ1) is 13.0. The molecule has 2 saturated heterocycles. The van der Waals surface area contributed by atoms with Crippen molar-refractivity contribution in [1.82, 2.24) is 19.5 Å². The number of hydrogen-bond acceptors (Lipinski definition) is 8. The van der Waals surface area contributed by atoms with Crippen molar-refractivity contribution in [2.24, 2.45) is 0 Å². The van der Waals surface area contributed by atoms with Crippen molar-refractivity contribution in [3.63, 3.8) is 0 Å². The van der Waals surface area contributed by atoms with Gasteiger partial charge in [-0.2, -0.15) is 0 Å². The number of fused-ring (bicyclic) bond motifs is 2. The third-order valence-corrected chi connectivity index (χ3v) is 6.27. The quantitative estimate of drug-likeness (QED) is 0.473.